The van der Waals surface area contributed by atoms with Gasteiger partial charge in [0.05, 0.1) is 12.5 Å². The summed E-state index contributed by atoms with van der Waals surface area (Å²) in [5.74, 6) is 1.13. The van der Waals surface area contributed by atoms with Crippen LogP contribution in [-0.2, 0) is 17.6 Å². The number of benzene rings is 2. The molecule has 102 valence electrons. The summed E-state index contributed by atoms with van der Waals surface area (Å²) >= 11 is 0. The molecule has 0 saturated heterocycles. The van der Waals surface area contributed by atoms with Gasteiger partial charge in [-0.1, -0.05) is 30.3 Å². The van der Waals surface area contributed by atoms with E-state index in [0.29, 0.717) is 13.0 Å². The minimum absolute atomic E-state index is 0.104. The lowest BCUT2D eigenvalue weighted by Gasteiger charge is -2.24. The summed E-state index contributed by atoms with van der Waals surface area (Å²) in [6, 6.07) is 14.7. The summed E-state index contributed by atoms with van der Waals surface area (Å²) < 4.78 is 5.65. The van der Waals surface area contributed by atoms with E-state index in [1.165, 1.54) is 0 Å². The molecular weight excluding hydrogens is 252 g/mol. The number of aromatic hydroxyl groups is 1. The van der Waals surface area contributed by atoms with Crippen molar-refractivity contribution in [3.8, 4) is 11.5 Å². The summed E-state index contributed by atoms with van der Waals surface area (Å²) in [6.45, 7) is 0.439. The molecule has 0 bridgehead atoms. The van der Waals surface area contributed by atoms with Crippen molar-refractivity contribution >= 4 is 5.78 Å². The Morgan fingerprint density at radius 3 is 2.90 bits per heavy atom. The van der Waals surface area contributed by atoms with Gasteiger partial charge in [-0.2, -0.15) is 0 Å². The normalized spacial score (nSPS) is 17.1. The fourth-order valence-electron chi connectivity index (χ4n) is 2.55. The SMILES string of the molecule is O=C(Cc1cccc(O)c1)C1COc2ccccc2C1. The number of carbonyl (C=O) groups is 1. The number of hydrogen-bond acceptors (Lipinski definition) is 3. The van der Waals surface area contributed by atoms with Crippen LogP contribution >= 0.6 is 0 Å². The zero-order valence-corrected chi connectivity index (χ0v) is 11.1. The highest BCUT2D eigenvalue weighted by atomic mass is 16.5. The zero-order valence-electron chi connectivity index (χ0n) is 11.1. The molecule has 0 fully saturated rings. The molecule has 1 atom stereocenters. The summed E-state index contributed by atoms with van der Waals surface area (Å²) in [5, 5.41) is 9.43. The maximum atomic E-state index is 12.3. The Morgan fingerprint density at radius 1 is 1.20 bits per heavy atom. The van der Waals surface area contributed by atoms with Crippen molar-refractivity contribution in [3.05, 3.63) is 59.7 Å². The van der Waals surface area contributed by atoms with Gasteiger partial charge >= 0.3 is 0 Å². The van der Waals surface area contributed by atoms with E-state index in [1.54, 1.807) is 18.2 Å². The van der Waals surface area contributed by atoms with Gasteiger partial charge in [-0.25, -0.2) is 0 Å². The highest BCUT2D eigenvalue weighted by Gasteiger charge is 2.25. The number of para-hydroxylation sites is 1. The Morgan fingerprint density at radius 2 is 2.05 bits per heavy atom. The first-order valence-corrected chi connectivity index (χ1v) is 6.74. The van der Waals surface area contributed by atoms with Crippen molar-refractivity contribution in [1.29, 1.82) is 0 Å². The third-order valence-corrected chi connectivity index (χ3v) is 3.62. The molecule has 3 rings (SSSR count). The number of fused-ring (bicyclic) bond motifs is 1. The number of hydrogen-bond donors (Lipinski definition) is 1. The molecule has 1 heterocycles. The van der Waals surface area contributed by atoms with Crippen LogP contribution < -0.4 is 4.74 Å². The lowest BCUT2D eigenvalue weighted by molar-refractivity contribution is -0.123. The Kier molecular flexibility index (Phi) is 3.42. The van der Waals surface area contributed by atoms with Gasteiger partial charge in [0.1, 0.15) is 17.3 Å². The second-order valence-corrected chi connectivity index (χ2v) is 5.13. The van der Waals surface area contributed by atoms with E-state index in [1.807, 2.05) is 30.3 Å². The lowest BCUT2D eigenvalue weighted by Crippen LogP contribution is -2.29. The molecule has 3 nitrogen and oxygen atoms in total. The molecule has 2 aromatic carbocycles. The molecule has 1 aliphatic heterocycles. The van der Waals surface area contributed by atoms with Gasteiger partial charge in [0.2, 0.25) is 0 Å². The Labute approximate surface area is 117 Å². The first kappa shape index (κ1) is 12.7. The van der Waals surface area contributed by atoms with Gasteiger partial charge < -0.3 is 9.84 Å². The van der Waals surface area contributed by atoms with Crippen LogP contribution in [0.25, 0.3) is 0 Å². The molecule has 0 amide bonds. The number of Topliss-reactive ketones (excluding diaryl/α,β-unsaturated/α-hetero) is 1. The maximum Gasteiger partial charge on any atom is 0.144 e. The smallest absolute Gasteiger partial charge is 0.144 e. The molecule has 0 saturated carbocycles. The summed E-state index contributed by atoms with van der Waals surface area (Å²) in [7, 11) is 0. The third kappa shape index (κ3) is 2.67. The van der Waals surface area contributed by atoms with Gasteiger partial charge in [-0.15, -0.1) is 0 Å². The van der Waals surface area contributed by atoms with E-state index in [0.717, 1.165) is 23.3 Å². The van der Waals surface area contributed by atoms with Gasteiger partial charge in [0, 0.05) is 6.42 Å². The number of ether oxygens (including phenoxy) is 1. The van der Waals surface area contributed by atoms with Gasteiger partial charge in [-0.3, -0.25) is 4.79 Å². The molecular formula is C17H16O3. The Bertz CT molecular complexity index is 634. The largest absolute Gasteiger partial charge is 0.508 e. The number of rotatable bonds is 3. The van der Waals surface area contributed by atoms with Gasteiger partial charge in [0.15, 0.2) is 0 Å². The number of phenolic OH excluding ortho intramolecular Hbond substituents is 1. The molecule has 2 aromatic rings. The molecule has 0 aliphatic carbocycles. The predicted molar refractivity (Wildman–Crippen MR) is 75.9 cm³/mol. The fraction of sp³-hybridized carbons (Fsp3) is 0.235. The minimum atomic E-state index is -0.104. The molecule has 3 heteroatoms. The molecule has 1 aliphatic rings. The number of phenols is 1. The number of carbonyl (C=O) groups excluding carboxylic acids is 1. The second-order valence-electron chi connectivity index (χ2n) is 5.13. The monoisotopic (exact) mass is 268 g/mol. The zero-order chi connectivity index (χ0) is 13.9. The standard InChI is InChI=1S/C17H16O3/c18-15-6-3-4-12(8-15)9-16(19)14-10-13-5-1-2-7-17(13)20-11-14/h1-8,14,18H,9-11H2. The third-order valence-electron chi connectivity index (χ3n) is 3.62. The Balaban J connectivity index is 1.70. The molecule has 20 heavy (non-hydrogen) atoms. The fourth-order valence-corrected chi connectivity index (χ4v) is 2.55. The van der Waals surface area contributed by atoms with Crippen molar-refractivity contribution in [2.24, 2.45) is 5.92 Å². The summed E-state index contributed by atoms with van der Waals surface area (Å²) in [6.07, 6.45) is 1.07. The molecule has 1 unspecified atom stereocenters. The van der Waals surface area contributed by atoms with Gasteiger partial charge in [-0.05, 0) is 35.7 Å². The van der Waals surface area contributed by atoms with E-state index < -0.39 is 0 Å². The lowest BCUT2D eigenvalue weighted by atomic mass is 9.90. The maximum absolute atomic E-state index is 12.3. The minimum Gasteiger partial charge on any atom is -0.508 e. The predicted octanol–water partition coefficient (Wildman–Crippen LogP) is 2.76. The van der Waals surface area contributed by atoms with E-state index in [2.05, 4.69) is 0 Å². The van der Waals surface area contributed by atoms with Crippen LogP contribution in [0.3, 0.4) is 0 Å². The average Bonchev–Trinajstić information content (AvgIpc) is 2.47. The quantitative estimate of drug-likeness (QED) is 0.931. The van der Waals surface area contributed by atoms with Crippen molar-refractivity contribution in [2.45, 2.75) is 12.8 Å². The summed E-state index contributed by atoms with van der Waals surface area (Å²) in [5.41, 5.74) is 1.93. The van der Waals surface area contributed by atoms with Crippen LogP contribution in [0.2, 0.25) is 0 Å². The van der Waals surface area contributed by atoms with Crippen LogP contribution in [0.4, 0.5) is 0 Å². The van der Waals surface area contributed by atoms with Crippen LogP contribution in [-0.4, -0.2) is 17.5 Å². The van der Waals surface area contributed by atoms with Crippen LogP contribution in [0.1, 0.15) is 11.1 Å². The number of ketones is 1. The first-order chi connectivity index (χ1) is 9.72. The first-order valence-electron chi connectivity index (χ1n) is 6.74. The highest BCUT2D eigenvalue weighted by Crippen LogP contribution is 2.27. The molecule has 0 aromatic heterocycles. The highest BCUT2D eigenvalue weighted by molar-refractivity contribution is 5.84. The summed E-state index contributed by atoms with van der Waals surface area (Å²) in [4.78, 5) is 12.3. The van der Waals surface area contributed by atoms with Crippen LogP contribution in [0, 0.1) is 5.92 Å². The molecule has 0 radical (unpaired) electrons. The van der Waals surface area contributed by atoms with E-state index in [9.17, 15) is 9.90 Å². The van der Waals surface area contributed by atoms with Gasteiger partial charge in [0.25, 0.3) is 0 Å². The molecule has 1 N–H and O–H groups in total. The van der Waals surface area contributed by atoms with Crippen molar-refractivity contribution < 1.29 is 14.6 Å². The van der Waals surface area contributed by atoms with Crippen molar-refractivity contribution in [3.63, 3.8) is 0 Å². The van der Waals surface area contributed by atoms with Crippen molar-refractivity contribution in [1.82, 2.24) is 0 Å². The average molecular weight is 268 g/mol. The Hall–Kier alpha value is -2.29. The van der Waals surface area contributed by atoms with E-state index >= 15 is 0 Å². The van der Waals surface area contributed by atoms with E-state index in [-0.39, 0.29) is 17.5 Å². The van der Waals surface area contributed by atoms with Crippen molar-refractivity contribution in [2.75, 3.05) is 6.61 Å². The topological polar surface area (TPSA) is 46.5 Å². The molecule has 0 spiro atoms. The van der Waals surface area contributed by atoms with Crippen LogP contribution in [0.15, 0.2) is 48.5 Å². The van der Waals surface area contributed by atoms with Crippen LogP contribution in [0.5, 0.6) is 11.5 Å². The van der Waals surface area contributed by atoms with E-state index in [4.69, 9.17) is 4.74 Å². The second kappa shape index (κ2) is 5.37.